The average molecular weight is 663 g/mol. The van der Waals surface area contributed by atoms with Crippen LogP contribution in [-0.2, 0) is 26.2 Å². The largest absolute Gasteiger partial charge is 0.328 e. The minimum Gasteiger partial charge on any atom is -0.328 e. The van der Waals surface area contributed by atoms with E-state index in [2.05, 4.69) is 10.2 Å². The predicted molar refractivity (Wildman–Crippen MR) is 173 cm³/mol. The maximum Gasteiger partial charge on any atom is 0.261 e. The second-order valence-electron chi connectivity index (χ2n) is 14.0. The molecule has 0 bridgehead atoms. The van der Waals surface area contributed by atoms with Crippen molar-refractivity contribution in [3.8, 4) is 0 Å². The number of imide groups is 1. The number of halogens is 2. The molecule has 0 aliphatic carbocycles. The molecule has 4 amide bonds. The molecule has 0 saturated carbocycles. The summed E-state index contributed by atoms with van der Waals surface area (Å²) in [6, 6.07) is 6.53. The normalized spacial score (nSPS) is 16.5. The highest BCUT2D eigenvalue weighted by molar-refractivity contribution is 6.21. The lowest BCUT2D eigenvalue weighted by Crippen LogP contribution is -2.41. The van der Waals surface area contributed by atoms with Crippen LogP contribution in [0.2, 0.25) is 0 Å². The first-order chi connectivity index (χ1) is 22.6. The first-order valence-corrected chi connectivity index (χ1v) is 15.6. The number of carbonyl (C=O) groups is 4. The molecule has 2 aromatic heterocycles. The molecule has 3 aliphatic heterocycles. The molecule has 12 nitrogen and oxygen atoms in total. The van der Waals surface area contributed by atoms with Gasteiger partial charge < -0.3 is 15.5 Å². The SMILES string of the molecule is CC(C)(C)N1Cc2nn(C/C(=C/F)CN)cc2C1=O.CC(C)(C)N1Cc2nn(C/C(=C/F)CN3C(=O)c4ccccc4C3=O)cc2C1=O. The van der Waals surface area contributed by atoms with Crippen LogP contribution < -0.4 is 5.73 Å². The fraction of sp³-hybridized carbons (Fsp3) is 0.412. The summed E-state index contributed by atoms with van der Waals surface area (Å²) in [6.07, 6.45) is 4.15. The van der Waals surface area contributed by atoms with E-state index in [1.807, 2.05) is 41.5 Å². The number of benzene rings is 1. The van der Waals surface area contributed by atoms with E-state index in [1.54, 1.807) is 51.1 Å². The average Bonchev–Trinajstić information content (AvgIpc) is 3.81. The van der Waals surface area contributed by atoms with Gasteiger partial charge in [0.25, 0.3) is 23.6 Å². The van der Waals surface area contributed by atoms with Crippen LogP contribution >= 0.6 is 0 Å². The van der Waals surface area contributed by atoms with Crippen LogP contribution in [-0.4, -0.2) is 82.1 Å². The number of aromatic nitrogens is 4. The highest BCUT2D eigenvalue weighted by Gasteiger charge is 2.39. The van der Waals surface area contributed by atoms with Crippen molar-refractivity contribution in [3.63, 3.8) is 0 Å². The van der Waals surface area contributed by atoms with Crippen LogP contribution in [0.1, 0.15) is 94.4 Å². The van der Waals surface area contributed by atoms with Gasteiger partial charge in [0.2, 0.25) is 0 Å². The summed E-state index contributed by atoms with van der Waals surface area (Å²) >= 11 is 0. The third-order valence-electron chi connectivity index (χ3n) is 8.40. The number of amides is 4. The summed E-state index contributed by atoms with van der Waals surface area (Å²) in [5.41, 5.74) is 8.65. The Balaban J connectivity index is 0.000000206. The molecular weight excluding hydrogens is 622 g/mol. The second kappa shape index (κ2) is 12.9. The van der Waals surface area contributed by atoms with Crippen molar-refractivity contribution in [2.24, 2.45) is 5.73 Å². The van der Waals surface area contributed by atoms with Gasteiger partial charge in [-0.2, -0.15) is 10.2 Å². The third-order valence-corrected chi connectivity index (χ3v) is 8.40. The van der Waals surface area contributed by atoms with E-state index in [0.717, 1.165) is 10.6 Å². The number of fused-ring (bicyclic) bond motifs is 3. The summed E-state index contributed by atoms with van der Waals surface area (Å²) in [5.74, 6) is -1.01. The van der Waals surface area contributed by atoms with Crippen LogP contribution in [0.4, 0.5) is 8.78 Å². The van der Waals surface area contributed by atoms with Gasteiger partial charge in [-0.15, -0.1) is 0 Å². The fourth-order valence-corrected chi connectivity index (χ4v) is 5.76. The van der Waals surface area contributed by atoms with Gasteiger partial charge in [-0.3, -0.25) is 33.4 Å². The van der Waals surface area contributed by atoms with Crippen molar-refractivity contribution >= 4 is 23.6 Å². The zero-order valence-corrected chi connectivity index (χ0v) is 28.0. The zero-order chi connectivity index (χ0) is 35.1. The Labute approximate surface area is 277 Å². The maximum atomic E-state index is 13.6. The van der Waals surface area contributed by atoms with Gasteiger partial charge in [-0.05, 0) is 64.8 Å². The van der Waals surface area contributed by atoms with Crippen molar-refractivity contribution in [1.82, 2.24) is 34.3 Å². The Bertz CT molecular complexity index is 1810. The van der Waals surface area contributed by atoms with Crippen LogP contribution in [0.25, 0.3) is 0 Å². The highest BCUT2D eigenvalue weighted by Crippen LogP contribution is 2.30. The number of carbonyl (C=O) groups excluding carboxylic acids is 4. The van der Waals surface area contributed by atoms with E-state index in [4.69, 9.17) is 5.73 Å². The van der Waals surface area contributed by atoms with Crippen LogP contribution in [0.15, 0.2) is 60.5 Å². The zero-order valence-electron chi connectivity index (χ0n) is 28.0. The molecule has 0 radical (unpaired) electrons. The third kappa shape index (κ3) is 6.57. The van der Waals surface area contributed by atoms with Crippen LogP contribution in [0.5, 0.6) is 0 Å². The van der Waals surface area contributed by atoms with Gasteiger partial charge in [0.15, 0.2) is 0 Å². The van der Waals surface area contributed by atoms with Crippen molar-refractivity contribution in [1.29, 1.82) is 0 Å². The van der Waals surface area contributed by atoms with Crippen LogP contribution in [0.3, 0.4) is 0 Å². The molecule has 254 valence electrons. The number of nitrogens with zero attached hydrogens (tertiary/aromatic N) is 7. The molecule has 1 aromatic carbocycles. The lowest BCUT2D eigenvalue weighted by Gasteiger charge is -2.31. The standard InChI is InChI=1S/C21H21FN4O3.C13H19FN4O/c1-21(2,3)26-12-17-16(20(26)29)11-24(23-17)9-13(8-22)10-25-18(27)14-6-4-5-7-15(14)19(25)28;1-13(2,3)18-8-11-10(12(18)19)7-17(16-11)6-9(4-14)5-15/h4-8,11H,9-10,12H2,1-3H3;4,7H,5-6,8,15H2,1-3H3/b13-8-;9-4+. The van der Waals surface area contributed by atoms with Crippen molar-refractivity contribution in [2.45, 2.75) is 78.8 Å². The molecule has 2 N–H and O–H groups in total. The summed E-state index contributed by atoms with van der Waals surface area (Å²) < 4.78 is 29.1. The molecule has 0 fully saturated rings. The molecule has 0 saturated heterocycles. The Hall–Kier alpha value is -4.98. The Morgan fingerprint density at radius 3 is 1.46 bits per heavy atom. The van der Waals surface area contributed by atoms with E-state index in [-0.39, 0.29) is 54.6 Å². The lowest BCUT2D eigenvalue weighted by atomic mass is 10.1. The quantitative estimate of drug-likeness (QED) is 0.374. The number of rotatable bonds is 7. The predicted octanol–water partition coefficient (Wildman–Crippen LogP) is 4.24. The number of nitrogens with two attached hydrogens (primary N) is 1. The highest BCUT2D eigenvalue weighted by atomic mass is 19.1. The summed E-state index contributed by atoms with van der Waals surface area (Å²) in [6.45, 7) is 13.0. The number of hydrogen-bond acceptors (Lipinski definition) is 7. The van der Waals surface area contributed by atoms with E-state index in [1.165, 1.54) is 4.68 Å². The first-order valence-electron chi connectivity index (χ1n) is 15.6. The summed E-state index contributed by atoms with van der Waals surface area (Å²) in [5, 5.41) is 8.73. The minimum atomic E-state index is -0.441. The fourth-order valence-electron chi connectivity index (χ4n) is 5.76. The smallest absolute Gasteiger partial charge is 0.261 e. The van der Waals surface area contributed by atoms with Gasteiger partial charge in [-0.1, -0.05) is 12.1 Å². The van der Waals surface area contributed by atoms with Crippen LogP contribution in [0, 0.1) is 0 Å². The molecule has 0 atom stereocenters. The molecule has 0 unspecified atom stereocenters. The second-order valence-corrected chi connectivity index (χ2v) is 14.0. The molecule has 0 spiro atoms. The van der Waals surface area contributed by atoms with E-state index in [9.17, 15) is 28.0 Å². The van der Waals surface area contributed by atoms with E-state index in [0.29, 0.717) is 59.3 Å². The molecule has 48 heavy (non-hydrogen) atoms. The van der Waals surface area contributed by atoms with E-state index >= 15 is 0 Å². The number of hydrogen-bond donors (Lipinski definition) is 1. The molecular formula is C34H40F2N8O4. The van der Waals surface area contributed by atoms with E-state index < -0.39 is 11.8 Å². The molecule has 14 heteroatoms. The molecule has 3 aliphatic rings. The van der Waals surface area contributed by atoms with Gasteiger partial charge in [0.05, 0.1) is 79.0 Å². The van der Waals surface area contributed by atoms with Gasteiger partial charge in [0.1, 0.15) is 0 Å². The lowest BCUT2D eigenvalue weighted by molar-refractivity contribution is 0.0596. The first kappa shape index (κ1) is 34.4. The molecule has 3 aromatic rings. The van der Waals surface area contributed by atoms with Gasteiger partial charge in [0, 0.05) is 30.0 Å². The monoisotopic (exact) mass is 662 g/mol. The Morgan fingerprint density at radius 1 is 0.688 bits per heavy atom. The Morgan fingerprint density at radius 2 is 1.10 bits per heavy atom. The molecule has 6 rings (SSSR count). The van der Waals surface area contributed by atoms with Gasteiger partial charge >= 0.3 is 0 Å². The Kier molecular flexibility index (Phi) is 9.24. The summed E-state index contributed by atoms with van der Waals surface area (Å²) in [4.78, 5) is 54.3. The van der Waals surface area contributed by atoms with Crippen molar-refractivity contribution < 1.29 is 28.0 Å². The van der Waals surface area contributed by atoms with Crippen molar-refractivity contribution in [2.75, 3.05) is 13.1 Å². The topological polar surface area (TPSA) is 140 Å². The molecule has 5 heterocycles. The summed E-state index contributed by atoms with van der Waals surface area (Å²) in [7, 11) is 0. The van der Waals surface area contributed by atoms with Gasteiger partial charge in [-0.25, -0.2) is 8.78 Å². The minimum absolute atomic E-state index is 0.0210. The maximum absolute atomic E-state index is 13.6. The van der Waals surface area contributed by atoms with Crippen molar-refractivity contribution in [3.05, 3.63) is 94.1 Å².